The van der Waals surface area contributed by atoms with Gasteiger partial charge in [-0.05, 0) is 52.4 Å². The zero-order valence-corrected chi connectivity index (χ0v) is 16.5. The number of hydrogen-bond acceptors (Lipinski definition) is 5. The van der Waals surface area contributed by atoms with Crippen LogP contribution in [0.3, 0.4) is 0 Å². The van der Waals surface area contributed by atoms with Crippen LogP contribution < -0.4 is 0 Å². The summed E-state index contributed by atoms with van der Waals surface area (Å²) in [7, 11) is 0. The van der Waals surface area contributed by atoms with Gasteiger partial charge in [-0.3, -0.25) is 4.79 Å². The molecule has 2 bridgehead atoms. The first-order chi connectivity index (χ1) is 12.8. The average Bonchev–Trinajstić information content (AvgIpc) is 3.17. The molecule has 0 unspecified atom stereocenters. The maximum Gasteiger partial charge on any atom is 0.196 e. The van der Waals surface area contributed by atoms with Crippen LogP contribution in [-0.2, 0) is 14.3 Å². The Labute approximate surface area is 160 Å². The van der Waals surface area contributed by atoms with Crippen molar-refractivity contribution in [2.24, 2.45) is 11.8 Å². The van der Waals surface area contributed by atoms with Gasteiger partial charge < -0.3 is 19.7 Å². The Balaban J connectivity index is 1.58. The van der Waals surface area contributed by atoms with Crippen LogP contribution in [0.5, 0.6) is 0 Å². The summed E-state index contributed by atoms with van der Waals surface area (Å²) in [4.78, 5) is 12.9. The van der Waals surface area contributed by atoms with Crippen LogP contribution in [0.25, 0.3) is 0 Å². The van der Waals surface area contributed by atoms with Crippen LogP contribution in [0.2, 0.25) is 0 Å². The Morgan fingerprint density at radius 1 is 1.33 bits per heavy atom. The van der Waals surface area contributed by atoms with Crippen LogP contribution >= 0.6 is 0 Å². The second-order valence-corrected chi connectivity index (χ2v) is 8.97. The van der Waals surface area contributed by atoms with Crippen molar-refractivity contribution in [3.63, 3.8) is 0 Å². The van der Waals surface area contributed by atoms with Crippen molar-refractivity contribution in [2.45, 2.75) is 70.2 Å². The van der Waals surface area contributed by atoms with Crippen LogP contribution in [0.15, 0.2) is 34.6 Å². The third kappa shape index (κ3) is 3.00. The number of carbonyl (C=O) groups excluding carboxylic acids is 1. The molecule has 1 saturated carbocycles. The van der Waals surface area contributed by atoms with Gasteiger partial charge in [0.05, 0.1) is 13.2 Å². The standard InChI is InChI=1S/C22H30O5/c1-13(11-23)5-4-6-14(2)15-7-8-21(3)17(15)9-16-19(27-21)18-10-22(25,12-26-18)20(16)24/h5-6,15,17-18,23,25H,4,7-12H2,1-3H3/b13-5-,14-6?/t15-,17-,18-,21+,22+/m0/s1. The Kier molecular flexibility index (Phi) is 4.60. The molecule has 0 spiro atoms. The van der Waals surface area contributed by atoms with Gasteiger partial charge in [0, 0.05) is 17.9 Å². The zero-order valence-electron chi connectivity index (χ0n) is 16.5. The average molecular weight is 374 g/mol. The van der Waals surface area contributed by atoms with Crippen molar-refractivity contribution < 1.29 is 24.5 Å². The van der Waals surface area contributed by atoms with E-state index in [0.29, 0.717) is 30.1 Å². The van der Waals surface area contributed by atoms with E-state index >= 15 is 0 Å². The molecule has 1 saturated heterocycles. The fourth-order valence-corrected chi connectivity index (χ4v) is 5.31. The maximum atomic E-state index is 12.9. The first kappa shape index (κ1) is 18.9. The molecule has 5 heteroatoms. The van der Waals surface area contributed by atoms with E-state index in [4.69, 9.17) is 14.6 Å². The summed E-state index contributed by atoms with van der Waals surface area (Å²) in [5.74, 6) is 1.10. The lowest BCUT2D eigenvalue weighted by Crippen LogP contribution is -2.49. The van der Waals surface area contributed by atoms with E-state index < -0.39 is 5.60 Å². The summed E-state index contributed by atoms with van der Waals surface area (Å²) in [6, 6.07) is 0. The number of ketones is 1. The van der Waals surface area contributed by atoms with E-state index in [1.54, 1.807) is 0 Å². The van der Waals surface area contributed by atoms with Crippen LogP contribution in [0.4, 0.5) is 0 Å². The smallest absolute Gasteiger partial charge is 0.196 e. The van der Waals surface area contributed by atoms with Crippen LogP contribution in [0.1, 0.15) is 52.9 Å². The molecule has 2 N–H and O–H groups in total. The minimum Gasteiger partial charge on any atom is -0.488 e. The van der Waals surface area contributed by atoms with Gasteiger partial charge in [0.25, 0.3) is 0 Å². The van der Waals surface area contributed by atoms with E-state index in [9.17, 15) is 9.90 Å². The topological polar surface area (TPSA) is 76.0 Å². The normalized spacial score (nSPS) is 41.5. The quantitative estimate of drug-likeness (QED) is 0.740. The van der Waals surface area contributed by atoms with Crippen molar-refractivity contribution in [3.05, 3.63) is 34.6 Å². The molecule has 4 aliphatic rings. The molecule has 0 radical (unpaired) electrons. The Morgan fingerprint density at radius 3 is 2.85 bits per heavy atom. The predicted octanol–water partition coefficient (Wildman–Crippen LogP) is 2.82. The number of hydrogen-bond donors (Lipinski definition) is 2. The summed E-state index contributed by atoms with van der Waals surface area (Å²) >= 11 is 0. The van der Waals surface area contributed by atoms with Gasteiger partial charge in [0.2, 0.25) is 0 Å². The molecule has 4 rings (SSSR count). The first-order valence-corrected chi connectivity index (χ1v) is 10.0. The third-order valence-corrected chi connectivity index (χ3v) is 7.06. The monoisotopic (exact) mass is 374 g/mol. The van der Waals surface area contributed by atoms with Gasteiger partial charge in [0.15, 0.2) is 11.4 Å². The highest BCUT2D eigenvalue weighted by Crippen LogP contribution is 2.55. The van der Waals surface area contributed by atoms with Crippen LogP contribution in [-0.4, -0.2) is 46.5 Å². The number of rotatable bonds is 4. The molecule has 27 heavy (non-hydrogen) atoms. The van der Waals surface area contributed by atoms with E-state index in [2.05, 4.69) is 19.9 Å². The number of allylic oxidation sites excluding steroid dienone is 3. The van der Waals surface area contributed by atoms with E-state index in [0.717, 1.165) is 24.8 Å². The fourth-order valence-electron chi connectivity index (χ4n) is 5.31. The minimum absolute atomic E-state index is 0.0765. The third-order valence-electron chi connectivity index (χ3n) is 7.06. The second kappa shape index (κ2) is 6.57. The van der Waals surface area contributed by atoms with Gasteiger partial charge in [-0.15, -0.1) is 0 Å². The van der Waals surface area contributed by atoms with Gasteiger partial charge in [0.1, 0.15) is 17.5 Å². The summed E-state index contributed by atoms with van der Waals surface area (Å²) in [5.41, 5.74) is 1.32. The van der Waals surface area contributed by atoms with Gasteiger partial charge in [-0.1, -0.05) is 23.3 Å². The fraction of sp³-hybridized carbons (Fsp3) is 0.682. The number of carbonyl (C=O) groups is 1. The highest BCUT2D eigenvalue weighted by Gasteiger charge is 2.59. The summed E-state index contributed by atoms with van der Waals surface area (Å²) < 4.78 is 12.1. The molecule has 5 atom stereocenters. The van der Waals surface area contributed by atoms with Gasteiger partial charge in [-0.2, -0.15) is 0 Å². The largest absolute Gasteiger partial charge is 0.488 e. The Bertz CT molecular complexity index is 748. The van der Waals surface area contributed by atoms with E-state index in [-0.39, 0.29) is 36.6 Å². The molecule has 2 aliphatic heterocycles. The lowest BCUT2D eigenvalue weighted by Gasteiger charge is -2.44. The van der Waals surface area contributed by atoms with Crippen molar-refractivity contribution >= 4 is 5.78 Å². The second-order valence-electron chi connectivity index (χ2n) is 8.97. The van der Waals surface area contributed by atoms with Crippen LogP contribution in [0, 0.1) is 11.8 Å². The number of aliphatic hydroxyl groups excluding tert-OH is 1. The molecule has 148 valence electrons. The molecule has 0 aromatic carbocycles. The maximum absolute atomic E-state index is 12.9. The first-order valence-electron chi connectivity index (χ1n) is 10.0. The van der Waals surface area contributed by atoms with Gasteiger partial charge in [-0.25, -0.2) is 0 Å². The molecule has 0 aromatic rings. The lowest BCUT2D eigenvalue weighted by atomic mass is 9.72. The molecule has 2 heterocycles. The highest BCUT2D eigenvalue weighted by molar-refractivity contribution is 6.04. The Hall–Kier alpha value is -1.43. The molecular formula is C22H30O5. The highest BCUT2D eigenvalue weighted by atomic mass is 16.6. The predicted molar refractivity (Wildman–Crippen MR) is 101 cm³/mol. The summed E-state index contributed by atoms with van der Waals surface area (Å²) in [6.07, 6.45) is 7.79. The van der Waals surface area contributed by atoms with E-state index in [1.807, 2.05) is 13.0 Å². The van der Waals surface area contributed by atoms with Crippen molar-refractivity contribution in [3.8, 4) is 0 Å². The Morgan fingerprint density at radius 2 is 2.11 bits per heavy atom. The van der Waals surface area contributed by atoms with Crippen molar-refractivity contribution in [2.75, 3.05) is 13.2 Å². The zero-order chi connectivity index (χ0) is 19.4. The van der Waals surface area contributed by atoms with E-state index in [1.165, 1.54) is 5.57 Å². The molecule has 0 aromatic heterocycles. The van der Waals surface area contributed by atoms with Crippen molar-refractivity contribution in [1.29, 1.82) is 0 Å². The number of ether oxygens (including phenoxy) is 2. The summed E-state index contributed by atoms with van der Waals surface area (Å²) in [5, 5.41) is 19.7. The molecule has 0 amide bonds. The minimum atomic E-state index is -1.35. The number of Topliss-reactive ketones (excluding diaryl/α,β-unsaturated/α-hetero) is 1. The summed E-state index contributed by atoms with van der Waals surface area (Å²) in [6.45, 7) is 6.41. The molecular weight excluding hydrogens is 344 g/mol. The molecule has 2 aliphatic carbocycles. The molecule has 2 fully saturated rings. The lowest BCUT2D eigenvalue weighted by molar-refractivity contribution is -0.136. The number of aliphatic hydroxyl groups is 2. The SMILES string of the molecule is CC(=CC/C=C(/C)CO)[C@@H]1CC[C@@]2(C)OC3=C(C[C@@H]12)C(=O)[C@]1(O)CO[C@H]3C1. The number of fused-ring (bicyclic) bond motifs is 4. The molecule has 5 nitrogen and oxygen atoms in total. The van der Waals surface area contributed by atoms with Gasteiger partial charge >= 0.3 is 0 Å². The van der Waals surface area contributed by atoms with Crippen molar-refractivity contribution in [1.82, 2.24) is 0 Å².